The van der Waals surface area contributed by atoms with Crippen LogP contribution in [0.3, 0.4) is 0 Å². The summed E-state index contributed by atoms with van der Waals surface area (Å²) in [6, 6.07) is 6.54. The molecule has 0 aliphatic rings. The van der Waals surface area contributed by atoms with E-state index in [-0.39, 0.29) is 0 Å². The molecule has 0 bridgehead atoms. The highest BCUT2D eigenvalue weighted by atomic mass is 79.9. The van der Waals surface area contributed by atoms with Crippen molar-refractivity contribution in [3.63, 3.8) is 0 Å². The Morgan fingerprint density at radius 2 is 1.72 bits per heavy atom. The molecule has 0 unspecified atom stereocenters. The predicted molar refractivity (Wildman–Crippen MR) is 68.9 cm³/mol. The minimum absolute atomic E-state index is 0.328. The van der Waals surface area contributed by atoms with E-state index in [0.29, 0.717) is 5.56 Å². The number of hydrogen-bond donors (Lipinski definition) is 1. The maximum Gasteiger partial charge on any atom is 0.441 e. The van der Waals surface area contributed by atoms with Crippen molar-refractivity contribution in [2.24, 2.45) is 0 Å². The van der Waals surface area contributed by atoms with Crippen LogP contribution in [0.1, 0.15) is 31.1 Å². The van der Waals surface area contributed by atoms with Crippen LogP contribution >= 0.6 is 15.9 Å². The topological polar surface area (TPSA) is 64.6 Å². The number of halogens is 1. The molecular weight excluding hydrogens is 302 g/mol. The Morgan fingerprint density at radius 1 is 1.17 bits per heavy atom. The summed E-state index contributed by atoms with van der Waals surface area (Å²) in [5, 5.41) is 0. The third kappa shape index (κ3) is 5.18. The second-order valence-electron chi connectivity index (χ2n) is 4.50. The lowest BCUT2D eigenvalue weighted by atomic mass is 10.2. The number of ether oxygens (including phenoxy) is 1. The van der Waals surface area contributed by atoms with Gasteiger partial charge >= 0.3 is 12.1 Å². The zero-order valence-electron chi connectivity index (χ0n) is 10.3. The number of hydrogen-bond acceptors (Lipinski definition) is 4. The van der Waals surface area contributed by atoms with Crippen LogP contribution in [0.2, 0.25) is 0 Å². The summed E-state index contributed by atoms with van der Waals surface area (Å²) in [6.07, 6.45) is -0.812. The summed E-state index contributed by atoms with van der Waals surface area (Å²) >= 11 is 3.25. The summed E-state index contributed by atoms with van der Waals surface area (Å²) in [5.41, 5.74) is 1.61. The fraction of sp³-hybridized carbons (Fsp3) is 0.333. The van der Waals surface area contributed by atoms with Crippen LogP contribution in [0.25, 0.3) is 0 Å². The van der Waals surface area contributed by atoms with Crippen molar-refractivity contribution in [3.8, 4) is 0 Å². The largest absolute Gasteiger partial charge is 0.442 e. The van der Waals surface area contributed by atoms with E-state index in [0.717, 1.165) is 4.47 Å². The number of hydroxylamine groups is 1. The number of carbonyl (C=O) groups excluding carboxylic acids is 2. The average molecular weight is 316 g/mol. The fourth-order valence-corrected chi connectivity index (χ4v) is 1.30. The molecular formula is C12H14BrNO4. The maximum atomic E-state index is 11.5. The van der Waals surface area contributed by atoms with Crippen LogP contribution in [-0.4, -0.2) is 17.7 Å². The first kappa shape index (κ1) is 14.5. The van der Waals surface area contributed by atoms with Crippen molar-refractivity contribution < 1.29 is 19.2 Å². The summed E-state index contributed by atoms with van der Waals surface area (Å²) < 4.78 is 5.75. The van der Waals surface area contributed by atoms with Gasteiger partial charge in [-0.15, -0.1) is 5.48 Å². The summed E-state index contributed by atoms with van der Waals surface area (Å²) in [5.74, 6) is -0.659. The summed E-state index contributed by atoms with van der Waals surface area (Å²) in [7, 11) is 0. The molecule has 0 spiro atoms. The van der Waals surface area contributed by atoms with Gasteiger partial charge < -0.3 is 9.57 Å². The van der Waals surface area contributed by atoms with Gasteiger partial charge in [-0.05, 0) is 45.0 Å². The SMILES string of the molecule is CC(C)(C)OC(=O)NOC(=O)c1ccc(Br)cc1. The molecule has 0 radical (unpaired) electrons. The molecule has 1 rings (SSSR count). The Bertz CT molecular complexity index is 436. The van der Waals surface area contributed by atoms with Crippen LogP contribution in [0.5, 0.6) is 0 Å². The van der Waals surface area contributed by atoms with Crippen molar-refractivity contribution >= 4 is 28.0 Å². The van der Waals surface area contributed by atoms with E-state index < -0.39 is 17.7 Å². The van der Waals surface area contributed by atoms with Gasteiger partial charge in [0.25, 0.3) is 0 Å². The van der Waals surface area contributed by atoms with Gasteiger partial charge in [0.1, 0.15) is 5.60 Å². The third-order valence-corrected chi connectivity index (χ3v) is 2.23. The van der Waals surface area contributed by atoms with Crippen LogP contribution in [0.4, 0.5) is 4.79 Å². The zero-order chi connectivity index (χ0) is 13.8. The Morgan fingerprint density at radius 3 is 2.22 bits per heavy atom. The lowest BCUT2D eigenvalue weighted by Crippen LogP contribution is -2.34. The Balaban J connectivity index is 2.47. The molecule has 0 aromatic heterocycles. The van der Waals surface area contributed by atoms with E-state index in [1.165, 1.54) is 0 Å². The van der Waals surface area contributed by atoms with Gasteiger partial charge in [0.15, 0.2) is 0 Å². The molecule has 5 nitrogen and oxygen atoms in total. The van der Waals surface area contributed by atoms with E-state index >= 15 is 0 Å². The molecule has 1 aromatic carbocycles. The van der Waals surface area contributed by atoms with Crippen molar-refractivity contribution in [1.82, 2.24) is 5.48 Å². The van der Waals surface area contributed by atoms with Gasteiger partial charge in [0, 0.05) is 4.47 Å². The molecule has 0 heterocycles. The van der Waals surface area contributed by atoms with Gasteiger partial charge in [-0.1, -0.05) is 15.9 Å². The molecule has 0 atom stereocenters. The van der Waals surface area contributed by atoms with E-state index in [9.17, 15) is 9.59 Å². The van der Waals surface area contributed by atoms with Crippen LogP contribution < -0.4 is 5.48 Å². The molecule has 1 aromatic rings. The highest BCUT2D eigenvalue weighted by Gasteiger charge is 2.17. The number of rotatable bonds is 1. The van der Waals surface area contributed by atoms with E-state index in [1.54, 1.807) is 45.0 Å². The molecule has 1 amide bonds. The molecule has 6 heteroatoms. The average Bonchev–Trinajstić information content (AvgIpc) is 2.24. The Hall–Kier alpha value is -1.56. The van der Waals surface area contributed by atoms with E-state index in [2.05, 4.69) is 20.8 Å². The first-order valence-corrected chi connectivity index (χ1v) is 6.03. The standard InChI is InChI=1S/C12H14BrNO4/c1-12(2,3)17-11(16)14-18-10(15)8-4-6-9(13)7-5-8/h4-7H,1-3H3,(H,14,16). The normalized spacial score (nSPS) is 10.7. The number of nitrogens with one attached hydrogen (secondary N) is 1. The molecule has 0 aliphatic heterocycles. The number of amides is 1. The van der Waals surface area contributed by atoms with Crippen molar-refractivity contribution in [2.75, 3.05) is 0 Å². The third-order valence-electron chi connectivity index (χ3n) is 1.71. The summed E-state index contributed by atoms with van der Waals surface area (Å²) in [4.78, 5) is 27.3. The van der Waals surface area contributed by atoms with Gasteiger partial charge in [-0.25, -0.2) is 9.59 Å². The summed E-state index contributed by atoms with van der Waals surface area (Å²) in [6.45, 7) is 5.13. The van der Waals surface area contributed by atoms with Gasteiger partial charge in [0.2, 0.25) is 0 Å². The molecule has 1 N–H and O–H groups in total. The monoisotopic (exact) mass is 315 g/mol. The fourth-order valence-electron chi connectivity index (χ4n) is 1.03. The Kier molecular flexibility index (Phi) is 4.72. The lowest BCUT2D eigenvalue weighted by molar-refractivity contribution is -0.00129. The van der Waals surface area contributed by atoms with Crippen molar-refractivity contribution in [2.45, 2.75) is 26.4 Å². The molecule has 0 saturated carbocycles. The molecule has 98 valence electrons. The van der Waals surface area contributed by atoms with Gasteiger partial charge in [-0.2, -0.15) is 0 Å². The maximum absolute atomic E-state index is 11.5. The molecule has 0 fully saturated rings. The van der Waals surface area contributed by atoms with Gasteiger partial charge in [-0.3, -0.25) is 0 Å². The smallest absolute Gasteiger partial charge is 0.441 e. The van der Waals surface area contributed by atoms with Crippen LogP contribution in [0.15, 0.2) is 28.7 Å². The molecule has 0 saturated heterocycles. The lowest BCUT2D eigenvalue weighted by Gasteiger charge is -2.19. The van der Waals surface area contributed by atoms with Gasteiger partial charge in [0.05, 0.1) is 5.56 Å². The van der Waals surface area contributed by atoms with Crippen molar-refractivity contribution in [1.29, 1.82) is 0 Å². The van der Waals surface area contributed by atoms with E-state index in [4.69, 9.17) is 4.74 Å². The van der Waals surface area contributed by atoms with Crippen LogP contribution in [0, 0.1) is 0 Å². The molecule has 0 aliphatic carbocycles. The highest BCUT2D eigenvalue weighted by Crippen LogP contribution is 2.11. The zero-order valence-corrected chi connectivity index (χ0v) is 11.9. The van der Waals surface area contributed by atoms with Crippen molar-refractivity contribution in [3.05, 3.63) is 34.3 Å². The Labute approximate surface area is 114 Å². The quantitative estimate of drug-likeness (QED) is 0.809. The first-order valence-electron chi connectivity index (χ1n) is 5.24. The number of carbonyl (C=O) groups is 2. The highest BCUT2D eigenvalue weighted by molar-refractivity contribution is 9.10. The first-order chi connectivity index (χ1) is 8.28. The molecule has 18 heavy (non-hydrogen) atoms. The van der Waals surface area contributed by atoms with E-state index in [1.807, 2.05) is 5.48 Å². The minimum Gasteiger partial charge on any atom is -0.442 e. The second kappa shape index (κ2) is 5.86. The predicted octanol–water partition coefficient (Wildman–Crippen LogP) is 3.05. The number of benzene rings is 1. The second-order valence-corrected chi connectivity index (χ2v) is 5.42. The van der Waals surface area contributed by atoms with Crippen LogP contribution in [-0.2, 0) is 9.57 Å². The minimum atomic E-state index is -0.812.